The number of nitrogens with one attached hydrogen (secondary N) is 1. The Morgan fingerprint density at radius 3 is 0.762 bits per heavy atom. The van der Waals surface area contributed by atoms with E-state index in [9.17, 15) is 19.8 Å². The standard InChI is InChI=1S/C74H147NO5/c1-3-5-7-9-11-13-15-16-17-37-41-44-48-52-56-60-64-68-74(79)80-69-65-61-57-53-49-45-42-39-36-34-32-30-28-26-24-22-20-18-19-21-23-25-27-29-31-33-35-38-40-43-47-51-55-59-63-67-73(78)75-71(70-76)72(77)66-62-58-54-50-46-14-12-10-8-6-4-2/h71-72,76-77H,3-70H2,1-2H3,(H,75,78). The number of amides is 1. The van der Waals surface area contributed by atoms with Crippen LogP contribution in [0.25, 0.3) is 0 Å². The fraction of sp³-hybridized carbons (Fsp3) is 0.973. The molecule has 0 spiro atoms. The van der Waals surface area contributed by atoms with Crippen LogP contribution < -0.4 is 5.32 Å². The Kier molecular flexibility index (Phi) is 69.3. The molecule has 0 radical (unpaired) electrons. The monoisotopic (exact) mass is 1130 g/mol. The minimum atomic E-state index is -0.658. The van der Waals surface area contributed by atoms with Crippen molar-refractivity contribution >= 4 is 11.9 Å². The lowest BCUT2D eigenvalue weighted by Gasteiger charge is -2.22. The Hall–Kier alpha value is -1.14. The maximum atomic E-state index is 12.5. The van der Waals surface area contributed by atoms with Gasteiger partial charge in [0.25, 0.3) is 0 Å². The van der Waals surface area contributed by atoms with Gasteiger partial charge in [-0.15, -0.1) is 0 Å². The number of unbranched alkanes of at least 4 members (excludes halogenated alkanes) is 60. The number of aliphatic hydroxyl groups is 2. The molecular formula is C74H147NO5. The largest absolute Gasteiger partial charge is 0.466 e. The number of esters is 1. The fourth-order valence-electron chi connectivity index (χ4n) is 12.2. The number of carbonyl (C=O) groups excluding carboxylic acids is 2. The average molecular weight is 1130 g/mol. The van der Waals surface area contributed by atoms with Crippen LogP contribution in [-0.4, -0.2) is 47.4 Å². The SMILES string of the molecule is CCCCCCCCCCCCCCCCCCCC(=O)OCCCCCCCCCCCCCCCCCCCCCCCCCCCCCCCCCCCCCC(=O)NC(CO)C(O)CCCCCCCCCCCCC. The highest BCUT2D eigenvalue weighted by atomic mass is 16.5. The molecule has 0 bridgehead atoms. The van der Waals surface area contributed by atoms with Crippen molar-refractivity contribution in [1.82, 2.24) is 5.32 Å². The van der Waals surface area contributed by atoms with Crippen molar-refractivity contribution in [2.24, 2.45) is 0 Å². The molecule has 0 aliphatic heterocycles. The average Bonchev–Trinajstić information content (AvgIpc) is 3.46. The summed E-state index contributed by atoms with van der Waals surface area (Å²) in [7, 11) is 0. The predicted octanol–water partition coefficient (Wildman–Crippen LogP) is 24.2. The maximum absolute atomic E-state index is 12.5. The second kappa shape index (κ2) is 70.3. The van der Waals surface area contributed by atoms with Crippen LogP contribution in [0.4, 0.5) is 0 Å². The minimum Gasteiger partial charge on any atom is -0.466 e. The Balaban J connectivity index is 3.26. The van der Waals surface area contributed by atoms with Crippen molar-refractivity contribution in [3.63, 3.8) is 0 Å². The summed E-state index contributed by atoms with van der Waals surface area (Å²) in [5.74, 6) is -0.0000412. The van der Waals surface area contributed by atoms with Gasteiger partial charge in [0.2, 0.25) is 5.91 Å². The van der Waals surface area contributed by atoms with Gasteiger partial charge >= 0.3 is 5.97 Å². The fourth-order valence-corrected chi connectivity index (χ4v) is 12.2. The molecule has 2 unspecified atom stereocenters. The molecule has 3 N–H and O–H groups in total. The number of rotatable bonds is 71. The molecule has 0 aromatic rings. The summed E-state index contributed by atoms with van der Waals surface area (Å²) in [5.41, 5.74) is 0. The van der Waals surface area contributed by atoms with Crippen molar-refractivity contribution in [2.45, 2.75) is 450 Å². The topological polar surface area (TPSA) is 95.9 Å². The molecule has 6 heteroatoms. The molecule has 0 saturated carbocycles. The maximum Gasteiger partial charge on any atom is 0.305 e. The smallest absolute Gasteiger partial charge is 0.305 e. The predicted molar refractivity (Wildman–Crippen MR) is 352 cm³/mol. The van der Waals surface area contributed by atoms with Gasteiger partial charge < -0.3 is 20.3 Å². The highest BCUT2D eigenvalue weighted by molar-refractivity contribution is 5.76. The molecule has 1 amide bonds. The normalized spacial score (nSPS) is 12.4. The quantitative estimate of drug-likeness (QED) is 0.0417. The molecule has 0 aromatic carbocycles. The van der Waals surface area contributed by atoms with E-state index in [1.54, 1.807) is 0 Å². The van der Waals surface area contributed by atoms with E-state index in [2.05, 4.69) is 19.2 Å². The van der Waals surface area contributed by atoms with E-state index in [0.717, 1.165) is 38.5 Å². The van der Waals surface area contributed by atoms with Crippen molar-refractivity contribution in [2.75, 3.05) is 13.2 Å². The first-order valence-electron chi connectivity index (χ1n) is 37.3. The van der Waals surface area contributed by atoms with E-state index in [1.165, 1.54) is 366 Å². The van der Waals surface area contributed by atoms with Gasteiger partial charge in [-0.05, 0) is 25.7 Å². The molecule has 478 valence electrons. The van der Waals surface area contributed by atoms with Crippen molar-refractivity contribution in [3.8, 4) is 0 Å². The van der Waals surface area contributed by atoms with E-state index in [1.807, 2.05) is 0 Å². The zero-order chi connectivity index (χ0) is 57.8. The number of ether oxygens (including phenoxy) is 1. The summed E-state index contributed by atoms with van der Waals surface area (Å²) in [6.07, 6.45) is 86.2. The molecule has 0 aliphatic rings. The molecular weight excluding hydrogens is 983 g/mol. The highest BCUT2D eigenvalue weighted by Gasteiger charge is 2.20. The zero-order valence-corrected chi connectivity index (χ0v) is 54.9. The number of hydrogen-bond acceptors (Lipinski definition) is 5. The Morgan fingerprint density at radius 1 is 0.300 bits per heavy atom. The summed E-state index contributed by atoms with van der Waals surface area (Å²) >= 11 is 0. The summed E-state index contributed by atoms with van der Waals surface area (Å²) < 4.78 is 5.51. The van der Waals surface area contributed by atoms with Crippen molar-refractivity contribution in [1.29, 1.82) is 0 Å². The van der Waals surface area contributed by atoms with Crippen LogP contribution in [0.3, 0.4) is 0 Å². The molecule has 6 nitrogen and oxygen atoms in total. The van der Waals surface area contributed by atoms with Crippen LogP contribution in [0, 0.1) is 0 Å². The van der Waals surface area contributed by atoms with Gasteiger partial charge in [-0.2, -0.15) is 0 Å². The number of aliphatic hydroxyl groups excluding tert-OH is 2. The van der Waals surface area contributed by atoms with Crippen molar-refractivity contribution in [3.05, 3.63) is 0 Å². The summed E-state index contributed by atoms with van der Waals surface area (Å²) in [6, 6.07) is -0.535. The molecule has 0 saturated heterocycles. The van der Waals surface area contributed by atoms with Crippen LogP contribution >= 0.6 is 0 Å². The van der Waals surface area contributed by atoms with Gasteiger partial charge in [-0.1, -0.05) is 399 Å². The first-order valence-corrected chi connectivity index (χ1v) is 37.3. The van der Waals surface area contributed by atoms with Crippen molar-refractivity contribution < 1.29 is 24.5 Å². The molecule has 0 rings (SSSR count). The highest BCUT2D eigenvalue weighted by Crippen LogP contribution is 2.20. The third-order valence-corrected chi connectivity index (χ3v) is 17.9. The Bertz CT molecular complexity index is 1160. The van der Waals surface area contributed by atoms with E-state index >= 15 is 0 Å². The van der Waals surface area contributed by atoms with Gasteiger partial charge in [0.05, 0.1) is 25.4 Å². The van der Waals surface area contributed by atoms with Crippen LogP contribution in [-0.2, 0) is 14.3 Å². The molecule has 0 aromatic heterocycles. The lowest BCUT2D eigenvalue weighted by molar-refractivity contribution is -0.143. The third kappa shape index (κ3) is 66.0. The van der Waals surface area contributed by atoms with E-state index in [-0.39, 0.29) is 18.5 Å². The molecule has 80 heavy (non-hydrogen) atoms. The Labute approximate surface area is 502 Å². The van der Waals surface area contributed by atoms with Crippen LogP contribution in [0.1, 0.15) is 438 Å². The lowest BCUT2D eigenvalue weighted by Crippen LogP contribution is -2.45. The zero-order valence-electron chi connectivity index (χ0n) is 54.9. The summed E-state index contributed by atoms with van der Waals surface area (Å²) in [5, 5.41) is 23.2. The van der Waals surface area contributed by atoms with Crippen LogP contribution in [0.5, 0.6) is 0 Å². The number of carbonyl (C=O) groups is 2. The lowest BCUT2D eigenvalue weighted by atomic mass is 10.0. The second-order valence-electron chi connectivity index (χ2n) is 26.0. The van der Waals surface area contributed by atoms with Gasteiger partial charge in [-0.3, -0.25) is 9.59 Å². The van der Waals surface area contributed by atoms with Gasteiger partial charge in [0.1, 0.15) is 0 Å². The first kappa shape index (κ1) is 78.9. The summed E-state index contributed by atoms with van der Waals surface area (Å²) in [4.78, 5) is 24.6. The first-order chi connectivity index (χ1) is 39.5. The van der Waals surface area contributed by atoms with Crippen LogP contribution in [0.15, 0.2) is 0 Å². The molecule has 0 fully saturated rings. The molecule has 2 atom stereocenters. The van der Waals surface area contributed by atoms with Gasteiger partial charge in [0.15, 0.2) is 0 Å². The van der Waals surface area contributed by atoms with Crippen LogP contribution in [0.2, 0.25) is 0 Å². The van der Waals surface area contributed by atoms with E-state index in [0.29, 0.717) is 25.9 Å². The van der Waals surface area contributed by atoms with E-state index < -0.39 is 12.1 Å². The van der Waals surface area contributed by atoms with Gasteiger partial charge in [-0.25, -0.2) is 0 Å². The van der Waals surface area contributed by atoms with E-state index in [4.69, 9.17) is 4.74 Å². The molecule has 0 heterocycles. The minimum absolute atomic E-state index is 0.0278. The molecule has 0 aliphatic carbocycles. The third-order valence-electron chi connectivity index (χ3n) is 17.9. The van der Waals surface area contributed by atoms with Gasteiger partial charge in [0, 0.05) is 12.8 Å². The number of hydrogen-bond donors (Lipinski definition) is 3. The second-order valence-corrected chi connectivity index (χ2v) is 26.0. The Morgan fingerprint density at radius 2 is 0.512 bits per heavy atom. The summed E-state index contributed by atoms with van der Waals surface area (Å²) in [6.45, 7) is 4.99.